The predicted octanol–water partition coefficient (Wildman–Crippen LogP) is 3.86. The maximum atomic E-state index is 16.6. The van der Waals surface area contributed by atoms with E-state index < -0.39 is 138 Å². The molecule has 3 fully saturated rings. The Hall–Kier alpha value is -9.06. The number of imidazole rings is 1. The van der Waals surface area contributed by atoms with Gasteiger partial charge >= 0.3 is 15.1 Å². The largest absolute Gasteiger partial charge is 0.387 e. The molecule has 1 unspecified atom stereocenters. The number of carbonyl (C=O) groups excluding carboxylic acids is 6. The zero-order chi connectivity index (χ0) is 73.0. The molecule has 10 heterocycles. The van der Waals surface area contributed by atoms with Crippen LogP contribution in [0.2, 0.25) is 0 Å². The molecule has 13 rings (SSSR count). The number of aryl methyl sites for hydroxylation is 1. The van der Waals surface area contributed by atoms with Gasteiger partial charge in [0.2, 0.25) is 35.4 Å². The average Bonchev–Trinajstić information content (AvgIpc) is 1.60. The number of aromatic nitrogens is 10. The molecule has 1 radical (unpaired) electrons. The van der Waals surface area contributed by atoms with E-state index in [1.54, 1.807) is 41.4 Å². The maximum Gasteiger partial charge on any atom is 0.386 e. The highest BCUT2D eigenvalue weighted by Gasteiger charge is 2.53. The van der Waals surface area contributed by atoms with Crippen molar-refractivity contribution in [2.45, 2.75) is 146 Å². The van der Waals surface area contributed by atoms with E-state index in [1.807, 2.05) is 41.1 Å². The highest BCUT2D eigenvalue weighted by molar-refractivity contribution is 8.44. The van der Waals surface area contributed by atoms with E-state index in [9.17, 15) is 47.8 Å². The van der Waals surface area contributed by atoms with E-state index in [1.165, 1.54) is 32.7 Å². The van der Waals surface area contributed by atoms with E-state index in [2.05, 4.69) is 95.2 Å². The number of alkyl halides is 1. The first-order valence-corrected chi connectivity index (χ1v) is 37.7. The first-order chi connectivity index (χ1) is 50.1. The molecular formula is C66H77FN17O17P2S. The van der Waals surface area contributed by atoms with Crippen molar-refractivity contribution in [1.82, 2.24) is 80.1 Å². The summed E-state index contributed by atoms with van der Waals surface area (Å²) in [5.41, 5.74) is 5.70. The molecular weight excluding hydrogens is 1420 g/mol. The molecule has 5 aromatic heterocycles. The molecule has 7 aromatic rings. The third kappa shape index (κ3) is 15.9. The topological polar surface area (TPSA) is 411 Å². The van der Waals surface area contributed by atoms with Crippen LogP contribution in [0.25, 0.3) is 39.0 Å². The third-order valence-electron chi connectivity index (χ3n) is 18.9. The van der Waals surface area contributed by atoms with E-state index in [0.717, 1.165) is 47.2 Å². The van der Waals surface area contributed by atoms with Gasteiger partial charge in [0.15, 0.2) is 29.8 Å². The SMILES string of the molecule is CCC(C)(C)n1nnc2c1-c1ccccc1CN(C(=O)CCC(=O)NCC(=O)NCC(=O)N[C@@H](Cc1ccccc1)C(=O)NCC(=O)NCOCCn1cnc3c(ncn3[C@@H]3O[C@@H]4CO[P](=O)O[C@H]5[C@@H](F)[C@H](n6cc7c8c(ncnc86)NCCC7)O[C@@H]5CO[P@@](=O)(S)O[C@@H]3[C@@H]4O)c1=O)C1=C2CCC=C1. The molecule has 38 heteroatoms. The van der Waals surface area contributed by atoms with Crippen LogP contribution in [0.1, 0.15) is 94.1 Å². The molecule has 5 aliphatic heterocycles. The zero-order valence-electron chi connectivity index (χ0n) is 56.7. The Bertz CT molecular complexity index is 4630. The summed E-state index contributed by atoms with van der Waals surface area (Å²) in [5, 5.41) is 37.3. The molecule has 0 spiro atoms. The molecule has 6 amide bonds. The van der Waals surface area contributed by atoms with Crippen molar-refractivity contribution in [2.24, 2.45) is 0 Å². The fourth-order valence-corrected chi connectivity index (χ4v) is 15.4. The van der Waals surface area contributed by atoms with E-state index in [0.29, 0.717) is 53.2 Å². The number of aliphatic hydroxyl groups is 1. The number of amides is 6. The van der Waals surface area contributed by atoms with Crippen LogP contribution in [-0.4, -0.2) is 190 Å². The minimum atomic E-state index is -4.53. The summed E-state index contributed by atoms with van der Waals surface area (Å²) in [5.74, 6) is -3.13. The van der Waals surface area contributed by atoms with Gasteiger partial charge in [0.05, 0.1) is 75.5 Å². The molecule has 1 aliphatic carbocycles. The molecule has 0 saturated carbocycles. The standard InChI is InChI=1S/C66H77FN17O17P2S/c1-4-66(2,3)84-55-40-17-9-8-15-38(40)29-81(43-19-11-10-18-41(43)53(55)78-79-84)50(89)21-20-46(85)69-26-47(86)70-28-49(88)77-42(25-37-13-6-5-7-14-37)62(91)71-27-48(87)76-36-95-24-23-80-34-75-61-54(63(80)92)74-35-83(61)65-58-56(90)44(98-65)31-96-102(93)100-57-45(32-97-103(94,104)101-58)99-64(52(57)67)82-30-39-16-12-22-68-59-51(39)60(82)73-33-72-59/h5-9,11,13-15,17,19,30,33-35,42,44-45,52,56-58,64-65,90H,4,10,12,16,18,20-29,31-32,36H2,1-3H3,(H,69,85)(H,70,86)(H,71,91)(H,76,87)(H,77,88)(H,94,104)(H,68,72,73)/t42-,44+,45+,52+,56+,57+,58+,64+,65+,103+/m0/s1. The summed E-state index contributed by atoms with van der Waals surface area (Å²) in [6.07, 6.45) is 0.322. The van der Waals surface area contributed by atoms with Crippen LogP contribution in [-0.2, 0) is 102 Å². The molecule has 3 saturated heterocycles. The van der Waals surface area contributed by atoms with Gasteiger partial charge < -0.3 is 60.7 Å². The molecule has 7 N–H and O–H groups in total. The highest BCUT2D eigenvalue weighted by atomic mass is 32.7. The lowest BCUT2D eigenvalue weighted by atomic mass is 9.90. The zero-order valence-corrected chi connectivity index (χ0v) is 59.4. The number of rotatable bonds is 22. The van der Waals surface area contributed by atoms with Crippen molar-refractivity contribution in [3.8, 4) is 11.3 Å². The van der Waals surface area contributed by atoms with Gasteiger partial charge in [-0.15, -0.1) is 5.10 Å². The number of anilines is 1. The molecule has 104 heavy (non-hydrogen) atoms. The molecule has 11 atom stereocenters. The van der Waals surface area contributed by atoms with Crippen LogP contribution in [0.15, 0.2) is 102 Å². The number of ether oxygens (including phenoxy) is 3. The van der Waals surface area contributed by atoms with Crippen molar-refractivity contribution < 1.29 is 79.7 Å². The summed E-state index contributed by atoms with van der Waals surface area (Å²) in [4.78, 5) is 113. The minimum absolute atomic E-state index is 0.0107. The Balaban J connectivity index is 0.556. The van der Waals surface area contributed by atoms with Gasteiger partial charge in [0.25, 0.3) is 5.56 Å². The van der Waals surface area contributed by atoms with E-state index >= 15 is 4.39 Å². The number of hydrogen-bond acceptors (Lipinski definition) is 24. The molecule has 34 nitrogen and oxygen atoms in total. The Morgan fingerprint density at radius 2 is 1.63 bits per heavy atom. The molecule has 551 valence electrons. The van der Waals surface area contributed by atoms with E-state index in [4.69, 9.17) is 32.3 Å². The number of fused-ring (bicyclic) bond motifs is 8. The van der Waals surface area contributed by atoms with Crippen molar-refractivity contribution >= 4 is 96.3 Å². The average molecular weight is 1490 g/mol. The monoisotopic (exact) mass is 1490 g/mol. The van der Waals surface area contributed by atoms with Gasteiger partial charge in [0, 0.05) is 48.8 Å². The van der Waals surface area contributed by atoms with Crippen LogP contribution in [0, 0.1) is 0 Å². The van der Waals surface area contributed by atoms with Crippen LogP contribution >= 0.6 is 27.3 Å². The second-order valence-electron chi connectivity index (χ2n) is 26.1. The van der Waals surface area contributed by atoms with Crippen LogP contribution in [0.3, 0.4) is 0 Å². The number of halogens is 1. The number of thiol groups is 1. The predicted molar refractivity (Wildman–Crippen MR) is 371 cm³/mol. The number of nitrogens with one attached hydrogen (secondary N) is 6. The maximum absolute atomic E-state index is 16.6. The normalized spacial score (nSPS) is 23.8. The van der Waals surface area contributed by atoms with Crippen LogP contribution in [0.5, 0.6) is 0 Å². The lowest BCUT2D eigenvalue weighted by Gasteiger charge is -2.32. The lowest BCUT2D eigenvalue weighted by Crippen LogP contribution is -2.52. The number of hydrogen-bond donors (Lipinski definition) is 8. The number of nitrogens with zero attached hydrogens (tertiary/aromatic N) is 11. The van der Waals surface area contributed by atoms with E-state index in [-0.39, 0.29) is 68.3 Å². The quantitative estimate of drug-likeness (QED) is 0.0207. The van der Waals surface area contributed by atoms with Crippen molar-refractivity contribution in [3.05, 3.63) is 130 Å². The molecule has 6 aliphatic rings. The summed E-state index contributed by atoms with van der Waals surface area (Å²) < 4.78 is 90.4. The second-order valence-corrected chi connectivity index (χ2v) is 29.9. The van der Waals surface area contributed by atoms with Crippen LogP contribution in [0.4, 0.5) is 10.2 Å². The minimum Gasteiger partial charge on any atom is -0.387 e. The summed E-state index contributed by atoms with van der Waals surface area (Å²) in [6.45, 7) is -0.732. The summed E-state index contributed by atoms with van der Waals surface area (Å²) >= 11 is 4.19. The number of carbonyl (C=O) groups is 6. The van der Waals surface area contributed by atoms with Gasteiger partial charge in [-0.05, 0) is 68.7 Å². The number of aliphatic hydroxyl groups excluding tert-OH is 1. The number of allylic oxidation sites excluding steroid dienone is 3. The summed E-state index contributed by atoms with van der Waals surface area (Å²) in [6, 6.07) is 15.4. The summed E-state index contributed by atoms with van der Waals surface area (Å²) in [7, 11) is -3.12. The third-order valence-corrected chi connectivity index (χ3v) is 21.3. The fraction of sp³-hybridized carbons (Fsp3) is 0.470. The first-order valence-electron chi connectivity index (χ1n) is 33.9. The Kier molecular flexibility index (Phi) is 22.3. The van der Waals surface area contributed by atoms with Gasteiger partial charge in [0.1, 0.15) is 73.1 Å². The van der Waals surface area contributed by atoms with Crippen molar-refractivity contribution in [3.63, 3.8) is 0 Å². The Morgan fingerprint density at radius 3 is 2.46 bits per heavy atom. The Labute approximate surface area is 599 Å². The highest BCUT2D eigenvalue weighted by Crippen LogP contribution is 2.58. The first kappa shape index (κ1) is 73.3. The number of benzene rings is 2. The molecule has 2 aromatic carbocycles. The smallest absolute Gasteiger partial charge is 0.386 e. The van der Waals surface area contributed by atoms with Gasteiger partial charge in [-0.25, -0.2) is 38.1 Å². The van der Waals surface area contributed by atoms with Crippen molar-refractivity contribution in [2.75, 3.05) is 58.0 Å². The Morgan fingerprint density at radius 1 is 0.865 bits per heavy atom. The van der Waals surface area contributed by atoms with Crippen molar-refractivity contribution in [1.29, 1.82) is 0 Å². The second kappa shape index (κ2) is 31.7. The van der Waals surface area contributed by atoms with Gasteiger partial charge in [-0.3, -0.25) is 60.8 Å². The van der Waals surface area contributed by atoms with Gasteiger partial charge in [-0.1, -0.05) is 85.1 Å². The van der Waals surface area contributed by atoms with Gasteiger partial charge in [-0.2, -0.15) is 0 Å². The lowest BCUT2D eigenvalue weighted by molar-refractivity contribution is -0.132. The van der Waals surface area contributed by atoms with Crippen LogP contribution < -0.4 is 37.5 Å². The molecule has 2 bridgehead atoms. The fourth-order valence-electron chi connectivity index (χ4n) is 13.1.